The zero-order valence-electron chi connectivity index (χ0n) is 15.9. The van der Waals surface area contributed by atoms with Gasteiger partial charge in [0.05, 0.1) is 11.3 Å². The number of hydrogen-bond donors (Lipinski definition) is 1. The van der Waals surface area contributed by atoms with Gasteiger partial charge in [0, 0.05) is 5.56 Å². The van der Waals surface area contributed by atoms with Crippen LogP contribution in [0.3, 0.4) is 0 Å². The Kier molecular flexibility index (Phi) is 4.14. The van der Waals surface area contributed by atoms with E-state index in [9.17, 15) is 19.2 Å². The smallest absolute Gasteiger partial charge is 0.335 e. The molecule has 8 heteroatoms. The van der Waals surface area contributed by atoms with Crippen LogP contribution in [0.1, 0.15) is 20.7 Å². The van der Waals surface area contributed by atoms with Gasteiger partial charge in [0.25, 0.3) is 5.91 Å². The number of oxime groups is 1. The van der Waals surface area contributed by atoms with E-state index in [0.717, 1.165) is 10.3 Å². The molecule has 3 aromatic rings. The van der Waals surface area contributed by atoms with Crippen molar-refractivity contribution < 1.29 is 29.1 Å². The molecule has 2 amide bonds. The van der Waals surface area contributed by atoms with Gasteiger partial charge < -0.3 is 9.94 Å². The van der Waals surface area contributed by atoms with Crippen molar-refractivity contribution in [3.63, 3.8) is 0 Å². The number of carboxylic acids is 1. The van der Waals surface area contributed by atoms with Gasteiger partial charge in [0.15, 0.2) is 0 Å². The zero-order valence-corrected chi connectivity index (χ0v) is 15.9. The molecule has 5 rings (SSSR count). The van der Waals surface area contributed by atoms with Crippen molar-refractivity contribution in [1.82, 2.24) is 0 Å². The second-order valence-electron chi connectivity index (χ2n) is 7.20. The number of ketones is 1. The molecule has 152 valence electrons. The van der Waals surface area contributed by atoms with Gasteiger partial charge in [-0.3, -0.25) is 14.4 Å². The molecule has 0 saturated carbocycles. The maximum Gasteiger partial charge on any atom is 0.335 e. The summed E-state index contributed by atoms with van der Waals surface area (Å²) < 4.78 is 0. The predicted octanol–water partition coefficient (Wildman–Crippen LogP) is 2.67. The van der Waals surface area contributed by atoms with Crippen LogP contribution in [0, 0.1) is 5.92 Å². The monoisotopic (exact) mass is 414 g/mol. The number of fused-ring (bicyclic) bond motifs is 2. The van der Waals surface area contributed by atoms with E-state index in [2.05, 4.69) is 5.16 Å². The predicted molar refractivity (Wildman–Crippen MR) is 110 cm³/mol. The number of amides is 2. The first kappa shape index (κ1) is 18.7. The molecule has 8 nitrogen and oxygen atoms in total. The third-order valence-corrected chi connectivity index (χ3v) is 5.45. The quantitative estimate of drug-likeness (QED) is 0.519. The fourth-order valence-electron chi connectivity index (χ4n) is 3.94. The Labute approximate surface area is 175 Å². The molecule has 1 fully saturated rings. The fraction of sp³-hybridized carbons (Fsp3) is 0.0870. The Bertz CT molecular complexity index is 1310. The maximum absolute atomic E-state index is 13.3. The molecule has 1 N–H and O–H groups in total. The molecule has 31 heavy (non-hydrogen) atoms. The van der Waals surface area contributed by atoms with Gasteiger partial charge in [-0.2, -0.15) is 0 Å². The summed E-state index contributed by atoms with van der Waals surface area (Å²) in [6.45, 7) is 0. The number of carbonyl (C=O) groups is 4. The molecule has 0 aliphatic carbocycles. The van der Waals surface area contributed by atoms with Gasteiger partial charge in [-0.05, 0) is 35.0 Å². The molecule has 2 heterocycles. The minimum Gasteiger partial charge on any atom is -0.478 e. The number of carboxylic acid groups (broad SMARTS) is 1. The van der Waals surface area contributed by atoms with Crippen LogP contribution in [0.4, 0.5) is 5.69 Å². The lowest BCUT2D eigenvalue weighted by Gasteiger charge is -2.15. The van der Waals surface area contributed by atoms with Gasteiger partial charge in [-0.25, -0.2) is 9.69 Å². The van der Waals surface area contributed by atoms with Crippen LogP contribution in [0.25, 0.3) is 10.8 Å². The molecule has 1 saturated heterocycles. The summed E-state index contributed by atoms with van der Waals surface area (Å²) in [5.74, 6) is -4.04. The first-order valence-corrected chi connectivity index (χ1v) is 9.44. The Balaban J connectivity index is 1.49. The van der Waals surface area contributed by atoms with Crippen LogP contribution in [-0.4, -0.2) is 40.5 Å². The molecule has 3 aromatic carbocycles. The van der Waals surface area contributed by atoms with Crippen LogP contribution in [-0.2, 0) is 14.4 Å². The molecule has 0 bridgehead atoms. The summed E-state index contributed by atoms with van der Waals surface area (Å²) >= 11 is 0. The van der Waals surface area contributed by atoms with Crippen molar-refractivity contribution in [2.24, 2.45) is 11.1 Å². The van der Waals surface area contributed by atoms with E-state index in [1.54, 1.807) is 18.2 Å². The summed E-state index contributed by atoms with van der Waals surface area (Å²) in [6.07, 6.45) is -1.22. The highest BCUT2D eigenvalue weighted by Crippen LogP contribution is 2.35. The van der Waals surface area contributed by atoms with Crippen molar-refractivity contribution >= 4 is 45.7 Å². The third-order valence-electron chi connectivity index (χ3n) is 5.45. The lowest BCUT2D eigenvalue weighted by molar-refractivity contribution is -0.126. The number of aromatic carboxylic acids is 1. The third kappa shape index (κ3) is 2.80. The topological polar surface area (TPSA) is 113 Å². The summed E-state index contributed by atoms with van der Waals surface area (Å²) in [5, 5.41) is 14.4. The minimum atomic E-state index is -1.22. The van der Waals surface area contributed by atoms with E-state index >= 15 is 0 Å². The number of anilines is 1. The van der Waals surface area contributed by atoms with Crippen LogP contribution in [0.5, 0.6) is 0 Å². The first-order valence-electron chi connectivity index (χ1n) is 9.44. The lowest BCUT2D eigenvalue weighted by atomic mass is 9.91. The summed E-state index contributed by atoms with van der Waals surface area (Å²) in [5.41, 5.74) is 0.470. The molecule has 0 spiro atoms. The number of rotatable bonds is 4. The summed E-state index contributed by atoms with van der Waals surface area (Å²) in [4.78, 5) is 56.3. The van der Waals surface area contributed by atoms with E-state index in [1.807, 2.05) is 24.3 Å². The average Bonchev–Trinajstić information content (AvgIpc) is 3.33. The highest BCUT2D eigenvalue weighted by Gasteiger charge is 2.57. The molecule has 0 aromatic heterocycles. The Hall–Kier alpha value is -4.33. The van der Waals surface area contributed by atoms with E-state index < -0.39 is 35.6 Å². The molecule has 0 unspecified atom stereocenters. The Morgan fingerprint density at radius 1 is 0.903 bits per heavy atom. The lowest BCUT2D eigenvalue weighted by Crippen LogP contribution is -2.34. The van der Waals surface area contributed by atoms with Gasteiger partial charge in [-0.1, -0.05) is 47.6 Å². The molecule has 2 aliphatic rings. The number of benzene rings is 3. The first-order chi connectivity index (χ1) is 15.0. The van der Waals surface area contributed by atoms with Gasteiger partial charge in [0.2, 0.25) is 17.8 Å². The van der Waals surface area contributed by atoms with Gasteiger partial charge in [0.1, 0.15) is 11.6 Å². The second-order valence-corrected chi connectivity index (χ2v) is 7.20. The standard InChI is InChI=1S/C23H14N2O6/c26-19(16-7-3-5-12-4-1-2-6-15(12)16)18-17-20(31-24-18)22(28)25(21(17)27)14-10-8-13(9-11-14)23(29)30/h1-11,17,20H,(H,29,30)/t17-,20+/m0/s1. The van der Waals surface area contributed by atoms with Crippen LogP contribution in [0.2, 0.25) is 0 Å². The number of carbonyl (C=O) groups excluding carboxylic acids is 3. The Morgan fingerprint density at radius 2 is 1.61 bits per heavy atom. The summed E-state index contributed by atoms with van der Waals surface area (Å²) in [7, 11) is 0. The van der Waals surface area contributed by atoms with Crippen molar-refractivity contribution in [2.75, 3.05) is 4.90 Å². The SMILES string of the molecule is O=C(O)c1ccc(N2C(=O)[C@H]3C(C(=O)c4cccc5ccccc45)=NO[C@H]3C2=O)cc1. The number of nitrogens with zero attached hydrogens (tertiary/aromatic N) is 2. The largest absolute Gasteiger partial charge is 0.478 e. The van der Waals surface area contributed by atoms with Crippen molar-refractivity contribution in [3.05, 3.63) is 77.9 Å². The average molecular weight is 414 g/mol. The molecule has 0 radical (unpaired) electrons. The van der Waals surface area contributed by atoms with Gasteiger partial charge in [-0.15, -0.1) is 0 Å². The molecule has 2 atom stereocenters. The Morgan fingerprint density at radius 3 is 2.35 bits per heavy atom. The van der Waals surface area contributed by atoms with Crippen molar-refractivity contribution in [2.45, 2.75) is 6.10 Å². The van der Waals surface area contributed by atoms with E-state index in [0.29, 0.717) is 10.9 Å². The van der Waals surface area contributed by atoms with Crippen molar-refractivity contribution in [1.29, 1.82) is 0 Å². The van der Waals surface area contributed by atoms with E-state index in [-0.39, 0.29) is 17.0 Å². The fourth-order valence-corrected chi connectivity index (χ4v) is 3.94. The number of hydrogen-bond acceptors (Lipinski definition) is 6. The van der Waals surface area contributed by atoms with E-state index in [4.69, 9.17) is 9.94 Å². The highest BCUT2D eigenvalue weighted by molar-refractivity contribution is 6.53. The highest BCUT2D eigenvalue weighted by atomic mass is 16.7. The van der Waals surface area contributed by atoms with Crippen LogP contribution >= 0.6 is 0 Å². The second kappa shape index (κ2) is 6.88. The molecular weight excluding hydrogens is 400 g/mol. The maximum atomic E-state index is 13.3. The van der Waals surface area contributed by atoms with Crippen LogP contribution in [0.15, 0.2) is 71.9 Å². The summed E-state index contributed by atoms with van der Waals surface area (Å²) in [6, 6.07) is 17.9. The van der Waals surface area contributed by atoms with Gasteiger partial charge >= 0.3 is 5.97 Å². The zero-order chi connectivity index (χ0) is 21.7. The van der Waals surface area contributed by atoms with E-state index in [1.165, 1.54) is 24.3 Å². The van der Waals surface area contributed by atoms with Crippen LogP contribution < -0.4 is 4.90 Å². The normalized spacial score (nSPS) is 19.9. The number of imide groups is 1. The molecule has 2 aliphatic heterocycles. The molecular formula is C23H14N2O6. The van der Waals surface area contributed by atoms with Crippen molar-refractivity contribution in [3.8, 4) is 0 Å². The minimum absolute atomic E-state index is 0.0210. The number of Topliss-reactive ketones (excluding diaryl/α,β-unsaturated/α-hetero) is 1.